The fourth-order valence-electron chi connectivity index (χ4n) is 3.10. The minimum absolute atomic E-state index is 0.0887. The second-order valence-electron chi connectivity index (χ2n) is 6.63. The average molecular weight is 388 g/mol. The maximum atomic E-state index is 12.4. The molecule has 0 spiro atoms. The van der Waals surface area contributed by atoms with Gasteiger partial charge in [0.15, 0.2) is 0 Å². The van der Waals surface area contributed by atoms with Crippen molar-refractivity contribution >= 4 is 23.2 Å². The van der Waals surface area contributed by atoms with Gasteiger partial charge in [0.2, 0.25) is 11.8 Å². The number of nitrogens with zero attached hydrogens (tertiary/aromatic N) is 3. The summed E-state index contributed by atoms with van der Waals surface area (Å²) in [6.07, 6.45) is 0.971. The molecule has 3 rings (SSSR count). The molecular formula is C19H25N5O2S. The number of nitrogens with one attached hydrogen (secondary N) is 2. The molecule has 1 unspecified atom stereocenters. The van der Waals surface area contributed by atoms with Crippen molar-refractivity contribution in [1.82, 2.24) is 25.7 Å². The summed E-state index contributed by atoms with van der Waals surface area (Å²) in [7, 11) is 0. The van der Waals surface area contributed by atoms with Crippen molar-refractivity contribution < 1.29 is 9.59 Å². The summed E-state index contributed by atoms with van der Waals surface area (Å²) in [6, 6.07) is 7.68. The lowest BCUT2D eigenvalue weighted by Gasteiger charge is -2.35. The van der Waals surface area contributed by atoms with Crippen molar-refractivity contribution in [3.63, 3.8) is 0 Å². The van der Waals surface area contributed by atoms with Gasteiger partial charge in [-0.25, -0.2) is 0 Å². The number of aromatic nitrogens is 2. The minimum Gasteiger partial charge on any atom is -0.353 e. The molecule has 1 fully saturated rings. The Balaban J connectivity index is 1.60. The lowest BCUT2D eigenvalue weighted by molar-refractivity contribution is -0.134. The summed E-state index contributed by atoms with van der Waals surface area (Å²) in [6.45, 7) is 6.43. The lowest BCUT2D eigenvalue weighted by atomic mass is 10.0. The molecule has 0 aliphatic carbocycles. The van der Waals surface area contributed by atoms with Gasteiger partial charge in [0, 0.05) is 19.6 Å². The molecule has 8 heteroatoms. The second kappa shape index (κ2) is 9.05. The van der Waals surface area contributed by atoms with Crippen LogP contribution in [0.4, 0.5) is 0 Å². The first-order valence-corrected chi connectivity index (χ1v) is 10.0. The number of hydrogen-bond acceptors (Lipinski definition) is 6. The standard InChI is InChI=1S/C19H25N5O2S/c1-3-17-22-23-18(27-17)11-21-16(25)10-15-19(26)20-8-9-24(15)12-14-7-5-4-6-13(14)2/h4-7,15H,3,8-12H2,1-2H3,(H,20,26)(H,21,25). The highest BCUT2D eigenvalue weighted by molar-refractivity contribution is 7.11. The Morgan fingerprint density at radius 2 is 2.11 bits per heavy atom. The van der Waals surface area contributed by atoms with Crippen molar-refractivity contribution in [3.8, 4) is 0 Å². The van der Waals surface area contributed by atoms with E-state index in [1.807, 2.05) is 19.1 Å². The Morgan fingerprint density at radius 1 is 1.33 bits per heavy atom. The van der Waals surface area contributed by atoms with Crippen LogP contribution < -0.4 is 10.6 Å². The van der Waals surface area contributed by atoms with Gasteiger partial charge in [-0.3, -0.25) is 14.5 Å². The number of hydrogen-bond donors (Lipinski definition) is 2. The summed E-state index contributed by atoms with van der Waals surface area (Å²) < 4.78 is 0. The van der Waals surface area contributed by atoms with E-state index in [1.165, 1.54) is 22.5 Å². The molecule has 1 aliphatic heterocycles. The van der Waals surface area contributed by atoms with E-state index in [0.29, 0.717) is 19.6 Å². The number of carbonyl (C=O) groups is 2. The summed E-state index contributed by atoms with van der Waals surface area (Å²) >= 11 is 1.50. The highest BCUT2D eigenvalue weighted by Gasteiger charge is 2.31. The zero-order valence-corrected chi connectivity index (χ0v) is 16.5. The van der Waals surface area contributed by atoms with Crippen molar-refractivity contribution in [2.45, 2.75) is 45.8 Å². The van der Waals surface area contributed by atoms with Crippen molar-refractivity contribution in [2.24, 2.45) is 0 Å². The molecule has 7 nitrogen and oxygen atoms in total. The molecule has 2 amide bonds. The van der Waals surface area contributed by atoms with Crippen molar-refractivity contribution in [3.05, 3.63) is 45.4 Å². The number of rotatable bonds is 7. The largest absolute Gasteiger partial charge is 0.353 e. The van der Waals surface area contributed by atoms with Crippen molar-refractivity contribution in [2.75, 3.05) is 13.1 Å². The Labute approximate surface area is 163 Å². The van der Waals surface area contributed by atoms with E-state index < -0.39 is 6.04 Å². The van der Waals surface area contributed by atoms with Gasteiger partial charge in [-0.05, 0) is 24.5 Å². The number of carbonyl (C=O) groups excluding carboxylic acids is 2. The predicted octanol–water partition coefficient (Wildman–Crippen LogP) is 1.42. The fraction of sp³-hybridized carbons (Fsp3) is 0.474. The summed E-state index contributed by atoms with van der Waals surface area (Å²) in [5, 5.41) is 15.6. The van der Waals surface area contributed by atoms with Gasteiger partial charge >= 0.3 is 0 Å². The topological polar surface area (TPSA) is 87.2 Å². The van der Waals surface area contributed by atoms with E-state index in [0.717, 1.165) is 23.0 Å². The maximum Gasteiger partial charge on any atom is 0.237 e. The molecule has 144 valence electrons. The number of aryl methyl sites for hydroxylation is 2. The SMILES string of the molecule is CCc1nnc(CNC(=O)CC2C(=O)NCCN2Cc2ccccc2C)s1. The number of benzene rings is 1. The molecule has 1 aromatic carbocycles. The zero-order chi connectivity index (χ0) is 19.2. The number of amides is 2. The van der Waals surface area contributed by atoms with E-state index in [1.54, 1.807) is 0 Å². The van der Waals surface area contributed by atoms with Crippen LogP contribution in [0.1, 0.15) is 34.5 Å². The Morgan fingerprint density at radius 3 is 2.85 bits per heavy atom. The van der Waals surface area contributed by atoms with Crippen LogP contribution in [0, 0.1) is 6.92 Å². The van der Waals surface area contributed by atoms with Crippen LogP contribution >= 0.6 is 11.3 Å². The molecular weight excluding hydrogens is 362 g/mol. The van der Waals surface area contributed by atoms with Crippen LogP contribution in [0.15, 0.2) is 24.3 Å². The maximum absolute atomic E-state index is 12.4. The average Bonchev–Trinajstić information content (AvgIpc) is 3.13. The van der Waals surface area contributed by atoms with Crippen LogP contribution in [0.25, 0.3) is 0 Å². The van der Waals surface area contributed by atoms with Gasteiger partial charge in [-0.2, -0.15) is 0 Å². The van der Waals surface area contributed by atoms with Gasteiger partial charge < -0.3 is 10.6 Å². The minimum atomic E-state index is -0.459. The van der Waals surface area contributed by atoms with Crippen LogP contribution in [0.3, 0.4) is 0 Å². The normalized spacial score (nSPS) is 17.6. The summed E-state index contributed by atoms with van der Waals surface area (Å²) in [5.74, 6) is -0.241. The van der Waals surface area contributed by atoms with Crippen LogP contribution in [-0.2, 0) is 29.1 Å². The predicted molar refractivity (Wildman–Crippen MR) is 104 cm³/mol. The molecule has 1 saturated heterocycles. The lowest BCUT2D eigenvalue weighted by Crippen LogP contribution is -2.56. The molecule has 0 radical (unpaired) electrons. The molecule has 0 saturated carbocycles. The molecule has 2 aromatic rings. The smallest absolute Gasteiger partial charge is 0.237 e. The Kier molecular flexibility index (Phi) is 6.52. The second-order valence-corrected chi connectivity index (χ2v) is 7.77. The molecule has 27 heavy (non-hydrogen) atoms. The quantitative estimate of drug-likeness (QED) is 0.750. The molecule has 0 bridgehead atoms. The summed E-state index contributed by atoms with van der Waals surface area (Å²) in [4.78, 5) is 26.9. The first-order valence-electron chi connectivity index (χ1n) is 9.21. The van der Waals surface area contributed by atoms with Crippen LogP contribution in [0.5, 0.6) is 0 Å². The first-order chi connectivity index (χ1) is 13.1. The molecule has 1 aromatic heterocycles. The van der Waals surface area contributed by atoms with Crippen LogP contribution in [-0.4, -0.2) is 46.0 Å². The van der Waals surface area contributed by atoms with E-state index in [2.05, 4.69) is 44.8 Å². The van der Waals surface area contributed by atoms with Crippen molar-refractivity contribution in [1.29, 1.82) is 0 Å². The van der Waals surface area contributed by atoms with E-state index >= 15 is 0 Å². The molecule has 2 heterocycles. The van der Waals surface area contributed by atoms with Gasteiger partial charge in [0.25, 0.3) is 0 Å². The molecule has 1 aliphatic rings. The monoisotopic (exact) mass is 387 g/mol. The van der Waals surface area contributed by atoms with Gasteiger partial charge in [-0.15, -0.1) is 10.2 Å². The Bertz CT molecular complexity index is 807. The highest BCUT2D eigenvalue weighted by Crippen LogP contribution is 2.17. The van der Waals surface area contributed by atoms with E-state index in [4.69, 9.17) is 0 Å². The zero-order valence-electron chi connectivity index (χ0n) is 15.7. The number of piperazine rings is 1. The molecule has 1 atom stereocenters. The molecule has 2 N–H and O–H groups in total. The third kappa shape index (κ3) is 5.11. The van der Waals surface area contributed by atoms with Crippen LogP contribution in [0.2, 0.25) is 0 Å². The van der Waals surface area contributed by atoms with E-state index in [9.17, 15) is 9.59 Å². The van der Waals surface area contributed by atoms with Gasteiger partial charge in [0.05, 0.1) is 19.0 Å². The Hall–Kier alpha value is -2.32. The van der Waals surface area contributed by atoms with Gasteiger partial charge in [0.1, 0.15) is 10.0 Å². The summed E-state index contributed by atoms with van der Waals surface area (Å²) in [5.41, 5.74) is 2.37. The third-order valence-corrected chi connectivity index (χ3v) is 5.77. The third-order valence-electron chi connectivity index (χ3n) is 4.70. The van der Waals surface area contributed by atoms with E-state index in [-0.39, 0.29) is 18.2 Å². The van der Waals surface area contributed by atoms with Gasteiger partial charge in [-0.1, -0.05) is 42.5 Å². The fourth-order valence-corrected chi connectivity index (χ4v) is 3.83. The first kappa shape index (κ1) is 19.4. The highest BCUT2D eigenvalue weighted by atomic mass is 32.1.